The molecule has 0 aromatic heterocycles. The molecule has 10 heteroatoms. The molecule has 1 aromatic carbocycles. The molecule has 1 aliphatic rings. The molecule has 1 aliphatic heterocycles. The normalized spacial score (nSPS) is 25.6. The molecule has 1 fully saturated rings. The SMILES string of the molecule is CC(C)(C)C(=O)OC[C@H]1O[C@@H](OCc2ccccc2)[C@@H](N=[N+]=[N-])[C@@H](OC(=O)C(C)(C)C)[C@@H]1F. The fourth-order valence-electron chi connectivity index (χ4n) is 2.89. The lowest BCUT2D eigenvalue weighted by Crippen LogP contribution is -2.59. The van der Waals surface area contributed by atoms with Gasteiger partial charge in [0, 0.05) is 4.91 Å². The van der Waals surface area contributed by atoms with Crippen molar-refractivity contribution in [2.45, 2.75) is 78.9 Å². The monoisotopic (exact) mass is 465 g/mol. The molecule has 1 saturated heterocycles. The fourth-order valence-corrected chi connectivity index (χ4v) is 2.89. The van der Waals surface area contributed by atoms with Gasteiger partial charge in [-0.2, -0.15) is 0 Å². The number of carbonyl (C=O) groups is 2. The number of esters is 2. The van der Waals surface area contributed by atoms with Crippen molar-refractivity contribution in [2.24, 2.45) is 15.9 Å². The zero-order chi connectivity index (χ0) is 24.8. The topological polar surface area (TPSA) is 120 Å². The highest BCUT2D eigenvalue weighted by atomic mass is 19.1. The fraction of sp³-hybridized carbons (Fsp3) is 0.652. The molecule has 5 atom stereocenters. The van der Waals surface area contributed by atoms with Crippen molar-refractivity contribution in [3.63, 3.8) is 0 Å². The van der Waals surface area contributed by atoms with Crippen LogP contribution in [0.1, 0.15) is 47.1 Å². The van der Waals surface area contributed by atoms with E-state index in [2.05, 4.69) is 10.0 Å². The Balaban J connectivity index is 2.29. The lowest BCUT2D eigenvalue weighted by molar-refractivity contribution is -0.264. The van der Waals surface area contributed by atoms with Crippen molar-refractivity contribution in [1.82, 2.24) is 0 Å². The van der Waals surface area contributed by atoms with Crippen molar-refractivity contribution in [3.8, 4) is 0 Å². The molecule has 0 spiro atoms. The summed E-state index contributed by atoms with van der Waals surface area (Å²) in [5, 5.41) is 3.62. The van der Waals surface area contributed by atoms with E-state index >= 15 is 4.39 Å². The van der Waals surface area contributed by atoms with Crippen LogP contribution in [0.15, 0.2) is 35.4 Å². The number of hydrogen-bond acceptors (Lipinski definition) is 7. The van der Waals surface area contributed by atoms with Gasteiger partial charge in [0.1, 0.15) is 24.9 Å². The number of halogens is 1. The van der Waals surface area contributed by atoms with Crippen molar-refractivity contribution < 1.29 is 32.9 Å². The molecule has 0 bridgehead atoms. The standard InChI is InChI=1S/C23H32FN3O6/c1-22(2,3)20(28)31-13-15-16(24)18(33-21(29)23(4,5)6)17(26-27-25)19(32-15)30-12-14-10-8-7-9-11-14/h7-11,15-19H,12-13H2,1-6H3/t15-,16-,17+,18+,19-/m1/s1. The van der Waals surface area contributed by atoms with Gasteiger partial charge in [-0.1, -0.05) is 35.4 Å². The lowest BCUT2D eigenvalue weighted by Gasteiger charge is -2.41. The van der Waals surface area contributed by atoms with Gasteiger partial charge in [0.25, 0.3) is 0 Å². The van der Waals surface area contributed by atoms with Gasteiger partial charge in [-0.3, -0.25) is 9.59 Å². The summed E-state index contributed by atoms with van der Waals surface area (Å²) in [5.74, 6) is -1.22. The lowest BCUT2D eigenvalue weighted by atomic mass is 9.95. The zero-order valence-corrected chi connectivity index (χ0v) is 19.9. The summed E-state index contributed by atoms with van der Waals surface area (Å²) >= 11 is 0. The number of ether oxygens (including phenoxy) is 4. The van der Waals surface area contributed by atoms with E-state index in [4.69, 9.17) is 24.5 Å². The minimum atomic E-state index is -1.92. The molecule has 0 aliphatic carbocycles. The third-order valence-corrected chi connectivity index (χ3v) is 4.88. The highest BCUT2D eigenvalue weighted by Gasteiger charge is 2.50. The van der Waals surface area contributed by atoms with Gasteiger partial charge in [-0.15, -0.1) is 0 Å². The molecule has 1 aromatic rings. The van der Waals surface area contributed by atoms with Gasteiger partial charge in [0.05, 0.1) is 17.4 Å². The van der Waals surface area contributed by atoms with Gasteiger partial charge in [0.2, 0.25) is 0 Å². The van der Waals surface area contributed by atoms with Crippen LogP contribution in [0.2, 0.25) is 0 Å². The molecule has 182 valence electrons. The number of azide groups is 1. The minimum absolute atomic E-state index is 0.0777. The average molecular weight is 466 g/mol. The van der Waals surface area contributed by atoms with Crippen LogP contribution in [0, 0.1) is 10.8 Å². The van der Waals surface area contributed by atoms with Crippen LogP contribution in [0.5, 0.6) is 0 Å². The van der Waals surface area contributed by atoms with Gasteiger partial charge in [-0.05, 0) is 52.6 Å². The molecular formula is C23H32FN3O6. The van der Waals surface area contributed by atoms with Gasteiger partial charge in [-0.25, -0.2) is 4.39 Å². The maximum absolute atomic E-state index is 15.5. The summed E-state index contributed by atoms with van der Waals surface area (Å²) in [5.41, 5.74) is 8.15. The first-order valence-electron chi connectivity index (χ1n) is 10.7. The number of alkyl halides is 1. The Kier molecular flexibility index (Phi) is 8.82. The van der Waals surface area contributed by atoms with Crippen LogP contribution in [0.3, 0.4) is 0 Å². The Hall–Kier alpha value is -2.68. The average Bonchev–Trinajstić information content (AvgIpc) is 2.73. The Labute approximate surface area is 193 Å². The Morgan fingerprint density at radius 1 is 1.09 bits per heavy atom. The van der Waals surface area contributed by atoms with Crippen LogP contribution < -0.4 is 0 Å². The molecule has 0 saturated carbocycles. The van der Waals surface area contributed by atoms with Crippen molar-refractivity contribution in [2.75, 3.05) is 6.61 Å². The van der Waals surface area contributed by atoms with Crippen molar-refractivity contribution in [3.05, 3.63) is 46.3 Å². The maximum atomic E-state index is 15.5. The minimum Gasteiger partial charge on any atom is -0.462 e. The van der Waals surface area contributed by atoms with E-state index in [1.165, 1.54) is 0 Å². The molecule has 33 heavy (non-hydrogen) atoms. The summed E-state index contributed by atoms with van der Waals surface area (Å²) < 4.78 is 37.7. The van der Waals surface area contributed by atoms with Crippen molar-refractivity contribution >= 4 is 11.9 Å². The second-order valence-corrected chi connectivity index (χ2v) is 9.95. The maximum Gasteiger partial charge on any atom is 0.311 e. The Morgan fingerprint density at radius 2 is 1.70 bits per heavy atom. The smallest absolute Gasteiger partial charge is 0.311 e. The second kappa shape index (κ2) is 11.0. The summed E-state index contributed by atoms with van der Waals surface area (Å²) in [6.45, 7) is 9.52. The van der Waals surface area contributed by atoms with Crippen LogP contribution >= 0.6 is 0 Å². The highest BCUT2D eigenvalue weighted by Crippen LogP contribution is 2.32. The van der Waals surface area contributed by atoms with E-state index in [-0.39, 0.29) is 6.61 Å². The number of benzene rings is 1. The Morgan fingerprint density at radius 3 is 2.24 bits per heavy atom. The summed E-state index contributed by atoms with van der Waals surface area (Å²) in [7, 11) is 0. The first kappa shape index (κ1) is 26.6. The van der Waals surface area contributed by atoms with E-state index < -0.39 is 60.1 Å². The molecular weight excluding hydrogens is 433 g/mol. The number of rotatable bonds is 7. The molecule has 0 N–H and O–H groups in total. The quantitative estimate of drug-likeness (QED) is 0.253. The molecule has 0 amide bonds. The van der Waals surface area contributed by atoms with Crippen LogP contribution in [-0.4, -0.2) is 49.3 Å². The first-order valence-corrected chi connectivity index (χ1v) is 10.7. The van der Waals surface area contributed by atoms with Gasteiger partial charge >= 0.3 is 11.9 Å². The molecule has 9 nitrogen and oxygen atoms in total. The van der Waals surface area contributed by atoms with E-state index in [0.717, 1.165) is 5.56 Å². The van der Waals surface area contributed by atoms with Crippen LogP contribution in [0.4, 0.5) is 4.39 Å². The zero-order valence-electron chi connectivity index (χ0n) is 19.9. The number of nitrogens with zero attached hydrogens (tertiary/aromatic N) is 3. The van der Waals surface area contributed by atoms with Crippen molar-refractivity contribution in [1.29, 1.82) is 0 Å². The first-order chi connectivity index (χ1) is 15.3. The van der Waals surface area contributed by atoms with Crippen LogP contribution in [-0.2, 0) is 35.1 Å². The van der Waals surface area contributed by atoms with Gasteiger partial charge < -0.3 is 18.9 Å². The van der Waals surface area contributed by atoms with Gasteiger partial charge in [0.15, 0.2) is 12.5 Å². The molecule has 0 radical (unpaired) electrons. The predicted molar refractivity (Wildman–Crippen MR) is 117 cm³/mol. The van der Waals surface area contributed by atoms with Crippen LogP contribution in [0.25, 0.3) is 10.4 Å². The summed E-state index contributed by atoms with van der Waals surface area (Å²) in [6, 6.07) is 7.86. The highest BCUT2D eigenvalue weighted by molar-refractivity contribution is 5.76. The summed E-state index contributed by atoms with van der Waals surface area (Å²) in [6.07, 6.45) is -5.93. The summed E-state index contributed by atoms with van der Waals surface area (Å²) in [4.78, 5) is 27.5. The second-order valence-electron chi connectivity index (χ2n) is 9.95. The Bertz CT molecular complexity index is 861. The third-order valence-electron chi connectivity index (χ3n) is 4.88. The van der Waals surface area contributed by atoms with E-state index in [1.54, 1.807) is 41.5 Å². The third kappa shape index (κ3) is 7.42. The molecule has 2 rings (SSSR count). The molecule has 0 unspecified atom stereocenters. The van der Waals surface area contributed by atoms with E-state index in [0.29, 0.717) is 0 Å². The molecule has 1 heterocycles. The van der Waals surface area contributed by atoms with E-state index in [1.807, 2.05) is 30.3 Å². The number of hydrogen-bond donors (Lipinski definition) is 0. The van der Waals surface area contributed by atoms with E-state index in [9.17, 15) is 9.59 Å². The predicted octanol–water partition coefficient (Wildman–Crippen LogP) is 4.49. The number of carbonyl (C=O) groups excluding carboxylic acids is 2. The largest absolute Gasteiger partial charge is 0.462 e.